The maximum Gasteiger partial charge on any atom is -0.0809 e. The summed E-state index contributed by atoms with van der Waals surface area (Å²) < 4.78 is 0. The van der Waals surface area contributed by atoms with Gasteiger partial charge in [0.1, 0.15) is 0 Å². The van der Waals surface area contributed by atoms with E-state index in [1.54, 1.807) is 0 Å². The normalized spacial score (nSPS) is 8.04. The third-order valence-electron chi connectivity index (χ3n) is 1.65. The number of benzene rings is 1. The summed E-state index contributed by atoms with van der Waals surface area (Å²) in [6, 6.07) is 14.7. The molecule has 0 aromatic heterocycles. The summed E-state index contributed by atoms with van der Waals surface area (Å²) in [4.78, 5) is 0. The molecule has 0 aliphatic carbocycles. The van der Waals surface area contributed by atoms with E-state index in [2.05, 4.69) is 49.3 Å². The molecule has 134 valence electrons. The molecule has 3 nitrogen and oxygen atoms in total. The first-order valence-electron chi connectivity index (χ1n) is 6.20. The van der Waals surface area contributed by atoms with Gasteiger partial charge in [-0.25, -0.2) is 0 Å². The van der Waals surface area contributed by atoms with Gasteiger partial charge in [0, 0.05) is 0 Å². The SMILES string of the molecule is CC(C)(C)[NH-].Cl.Cl.OCCO.[CH3-].[Si]=[Zr].c1ccc2[cH-]ccc2c1. The maximum atomic E-state index is 7.62. The quantitative estimate of drug-likeness (QED) is 0.497. The molecule has 2 radical (unpaired) electrons. The largest absolute Gasteiger partial charge is 0.168 e. The van der Waals surface area contributed by atoms with Gasteiger partial charge in [0.2, 0.25) is 0 Å². The van der Waals surface area contributed by atoms with E-state index in [4.69, 9.17) is 15.9 Å². The molecular weight excluding hydrogens is 428 g/mol. The van der Waals surface area contributed by atoms with Crippen molar-refractivity contribution in [2.45, 2.75) is 26.3 Å². The Morgan fingerprint density at radius 1 is 1.04 bits per heavy atom. The van der Waals surface area contributed by atoms with Crippen LogP contribution in [0.25, 0.3) is 16.5 Å². The Kier molecular flexibility index (Phi) is 33.8. The van der Waals surface area contributed by atoms with Crippen LogP contribution >= 0.6 is 24.8 Å². The molecule has 0 aliphatic heterocycles. The number of rotatable bonds is 1. The van der Waals surface area contributed by atoms with E-state index in [0.717, 1.165) is 0 Å². The number of nitrogens with one attached hydrogen (secondary N) is 1. The Hall–Kier alpha value is 0.390. The Morgan fingerprint density at radius 3 is 1.78 bits per heavy atom. The third-order valence-corrected chi connectivity index (χ3v) is 1.65. The van der Waals surface area contributed by atoms with Gasteiger partial charge in [0.25, 0.3) is 0 Å². The Balaban J connectivity index is -0.0000000685. The van der Waals surface area contributed by atoms with Crippen molar-refractivity contribution in [1.29, 1.82) is 0 Å². The fourth-order valence-electron chi connectivity index (χ4n) is 1.07. The summed E-state index contributed by atoms with van der Waals surface area (Å²) in [5, 5.41) is 17.9. The van der Waals surface area contributed by atoms with Crippen molar-refractivity contribution in [1.82, 2.24) is 0 Å². The van der Waals surface area contributed by atoms with Crippen LogP contribution in [0.1, 0.15) is 20.8 Å². The average molecular weight is 457 g/mol. The first kappa shape index (κ1) is 34.7. The van der Waals surface area contributed by atoms with Gasteiger partial charge in [-0.3, -0.25) is 0 Å². The summed E-state index contributed by atoms with van der Waals surface area (Å²) in [6.45, 7) is 8.37. The predicted octanol–water partition coefficient (Wildman–Crippen LogP) is 4.28. The zero-order valence-electron chi connectivity index (χ0n) is 14.2. The van der Waals surface area contributed by atoms with Crippen molar-refractivity contribution in [2.75, 3.05) is 13.2 Å². The van der Waals surface area contributed by atoms with Crippen molar-refractivity contribution in [3.05, 3.63) is 55.6 Å². The standard InChI is InChI=1S/C9H7.C4H10N.C2H6O2.CH3.2ClH.Si.Zr/c1-2-5-9-7-3-6-8(9)4-1;1-4(2,3)5;3-1-2-4;;;;;/h1-7H;5H,1-3H3;3-4H,1-2H2;1H3;2*1H;;/q2*-1;;-1;;;;. The van der Waals surface area contributed by atoms with Gasteiger partial charge in [-0.15, -0.1) is 60.0 Å². The van der Waals surface area contributed by atoms with E-state index in [9.17, 15) is 0 Å². The number of aliphatic hydroxyl groups is 2. The first-order valence-corrected chi connectivity index (χ1v) is 10.4. The number of hydrogen-bond donors (Lipinski definition) is 2. The Labute approximate surface area is 170 Å². The molecule has 2 aromatic carbocycles. The van der Waals surface area contributed by atoms with Crippen LogP contribution in [0.15, 0.2) is 42.5 Å². The van der Waals surface area contributed by atoms with Gasteiger partial charge in [-0.1, -0.05) is 26.8 Å². The summed E-state index contributed by atoms with van der Waals surface area (Å²) >= 11 is 1.36. The second kappa shape index (κ2) is 22.4. The van der Waals surface area contributed by atoms with E-state index < -0.39 is 0 Å². The van der Waals surface area contributed by atoms with Crippen molar-refractivity contribution in [3.8, 4) is 0 Å². The Morgan fingerprint density at radius 2 is 1.43 bits per heavy atom. The third kappa shape index (κ3) is 27.5. The molecule has 0 aliphatic rings. The van der Waals surface area contributed by atoms with Crippen molar-refractivity contribution in [2.24, 2.45) is 0 Å². The van der Waals surface area contributed by atoms with Gasteiger partial charge in [0.15, 0.2) is 0 Å². The van der Waals surface area contributed by atoms with E-state index in [0.29, 0.717) is 0 Å². The molecule has 0 saturated heterocycles. The van der Waals surface area contributed by atoms with Gasteiger partial charge in [-0.05, 0) is 0 Å². The van der Waals surface area contributed by atoms with Crippen molar-refractivity contribution < 1.29 is 33.5 Å². The second-order valence-corrected chi connectivity index (χ2v) is 4.85. The predicted molar refractivity (Wildman–Crippen MR) is 104 cm³/mol. The summed E-state index contributed by atoms with van der Waals surface area (Å²) in [6.07, 6.45) is 0. The van der Waals surface area contributed by atoms with Crippen LogP contribution in [0.4, 0.5) is 0 Å². The molecule has 0 saturated carbocycles. The first-order chi connectivity index (χ1) is 9.38. The van der Waals surface area contributed by atoms with E-state index >= 15 is 0 Å². The minimum atomic E-state index is -0.250. The molecule has 0 unspecified atom stereocenters. The van der Waals surface area contributed by atoms with Crippen LogP contribution in [0.2, 0.25) is 0 Å². The fraction of sp³-hybridized carbons (Fsp3) is 0.375. The fourth-order valence-corrected chi connectivity index (χ4v) is 1.07. The maximum absolute atomic E-state index is 7.62. The monoisotopic (exact) mass is 454 g/mol. The van der Waals surface area contributed by atoms with Crippen LogP contribution in [0.3, 0.4) is 0 Å². The smallest absolute Gasteiger partial charge is 0.0809 e. The number of aliphatic hydroxyl groups excluding tert-OH is 2. The average Bonchev–Trinajstić information content (AvgIpc) is 2.88. The molecular formula is C16H28Cl2NO2SiZr-3. The Bertz CT molecular complexity index is 413. The summed E-state index contributed by atoms with van der Waals surface area (Å²) in [5.41, 5.74) is 6.69. The van der Waals surface area contributed by atoms with Crippen LogP contribution in [-0.4, -0.2) is 35.8 Å². The van der Waals surface area contributed by atoms with Crippen LogP contribution in [-0.2, 0) is 23.3 Å². The minimum Gasteiger partial charge on any atom is -0.168 e. The second-order valence-electron chi connectivity index (χ2n) is 4.85. The molecule has 2 rings (SSSR count). The topological polar surface area (TPSA) is 64.3 Å². The minimum absolute atomic E-state index is 0. The molecule has 0 atom stereocenters. The zero-order chi connectivity index (χ0) is 16.0. The molecule has 7 heteroatoms. The van der Waals surface area contributed by atoms with E-state index in [1.807, 2.05) is 20.8 Å². The molecule has 0 spiro atoms. The number of halogens is 2. The van der Waals surface area contributed by atoms with Gasteiger partial charge in [0.05, 0.1) is 13.2 Å². The summed E-state index contributed by atoms with van der Waals surface area (Å²) in [7, 11) is 0. The van der Waals surface area contributed by atoms with Crippen molar-refractivity contribution in [3.63, 3.8) is 0 Å². The zero-order valence-corrected chi connectivity index (χ0v) is 19.3. The van der Waals surface area contributed by atoms with Crippen LogP contribution in [0.5, 0.6) is 0 Å². The summed E-state index contributed by atoms with van der Waals surface area (Å²) in [5.74, 6) is 0. The molecule has 23 heavy (non-hydrogen) atoms. The van der Waals surface area contributed by atoms with Gasteiger partial charge >= 0.3 is 30.2 Å². The van der Waals surface area contributed by atoms with Crippen molar-refractivity contribution >= 4 is 42.5 Å². The number of fused-ring (bicyclic) bond motifs is 1. The van der Waals surface area contributed by atoms with Gasteiger partial charge in [-0.2, -0.15) is 17.5 Å². The van der Waals surface area contributed by atoms with Crippen LogP contribution in [0, 0.1) is 7.43 Å². The molecule has 2 aromatic rings. The number of hydrogen-bond acceptors (Lipinski definition) is 2. The molecule has 0 bridgehead atoms. The van der Waals surface area contributed by atoms with E-state index in [-0.39, 0.29) is 51.0 Å². The molecule has 0 heterocycles. The van der Waals surface area contributed by atoms with E-state index in [1.165, 1.54) is 34.1 Å². The molecule has 3 N–H and O–H groups in total. The molecule has 0 amide bonds. The molecule has 0 fully saturated rings. The van der Waals surface area contributed by atoms with Crippen LogP contribution < -0.4 is 0 Å². The van der Waals surface area contributed by atoms with Gasteiger partial charge < -0.3 is 23.4 Å².